The summed E-state index contributed by atoms with van der Waals surface area (Å²) >= 11 is 1.69. The van der Waals surface area contributed by atoms with Gasteiger partial charge in [-0.25, -0.2) is 4.98 Å². The Morgan fingerprint density at radius 1 is 1.53 bits per heavy atom. The number of thiophene rings is 1. The lowest BCUT2D eigenvalue weighted by Gasteiger charge is -2.01. The lowest BCUT2D eigenvalue weighted by Crippen LogP contribution is -2.09. The number of methoxy groups -OCH3 is 1. The minimum atomic E-state index is 0.826. The summed E-state index contributed by atoms with van der Waals surface area (Å²) in [4.78, 5) is 5.44. The number of pyridine rings is 1. The Kier molecular flexibility index (Phi) is 3.18. The predicted octanol–water partition coefficient (Wildman–Crippen LogP) is 2.07. The standard InChI is InChI=1S/C11H14N2OS/c1-12-4-3-8-7-15-11-10(8)5-9(14-2)6-13-11/h5-7,12H,3-4H2,1-2H3. The Balaban J connectivity index is 2.38. The molecule has 2 rings (SSSR count). The number of fused-ring (bicyclic) bond motifs is 1. The van der Waals surface area contributed by atoms with Crippen molar-refractivity contribution < 1.29 is 4.74 Å². The summed E-state index contributed by atoms with van der Waals surface area (Å²) in [5, 5.41) is 6.54. The number of hydrogen-bond acceptors (Lipinski definition) is 4. The van der Waals surface area contributed by atoms with Gasteiger partial charge in [0, 0.05) is 5.39 Å². The Bertz CT molecular complexity index is 453. The van der Waals surface area contributed by atoms with Crippen LogP contribution in [0.15, 0.2) is 17.6 Å². The molecule has 0 fully saturated rings. The van der Waals surface area contributed by atoms with E-state index >= 15 is 0 Å². The van der Waals surface area contributed by atoms with E-state index in [2.05, 4.69) is 21.7 Å². The van der Waals surface area contributed by atoms with E-state index < -0.39 is 0 Å². The maximum Gasteiger partial charge on any atom is 0.137 e. The van der Waals surface area contributed by atoms with Gasteiger partial charge in [0.2, 0.25) is 0 Å². The molecule has 2 aromatic heterocycles. The highest BCUT2D eigenvalue weighted by Crippen LogP contribution is 2.27. The maximum atomic E-state index is 5.18. The maximum absolute atomic E-state index is 5.18. The number of rotatable bonds is 4. The van der Waals surface area contributed by atoms with E-state index in [9.17, 15) is 0 Å². The zero-order valence-electron chi connectivity index (χ0n) is 8.91. The first-order valence-corrected chi connectivity index (χ1v) is 5.78. The van der Waals surface area contributed by atoms with Crippen molar-refractivity contribution in [2.75, 3.05) is 20.7 Å². The van der Waals surface area contributed by atoms with Crippen molar-refractivity contribution in [1.29, 1.82) is 0 Å². The van der Waals surface area contributed by atoms with E-state index in [-0.39, 0.29) is 0 Å². The van der Waals surface area contributed by atoms with Gasteiger partial charge in [-0.2, -0.15) is 0 Å². The molecule has 0 unspecified atom stereocenters. The summed E-state index contributed by atoms with van der Waals surface area (Å²) in [5.41, 5.74) is 1.34. The first kappa shape index (κ1) is 10.4. The highest BCUT2D eigenvalue weighted by molar-refractivity contribution is 7.16. The molecule has 80 valence electrons. The molecule has 1 N–H and O–H groups in total. The van der Waals surface area contributed by atoms with Crippen LogP contribution in [0.4, 0.5) is 0 Å². The van der Waals surface area contributed by atoms with Crippen LogP contribution < -0.4 is 10.1 Å². The molecule has 0 saturated carbocycles. The molecule has 0 aliphatic carbocycles. The topological polar surface area (TPSA) is 34.2 Å². The monoisotopic (exact) mass is 222 g/mol. The van der Waals surface area contributed by atoms with E-state index in [1.165, 1.54) is 10.9 Å². The molecule has 0 aliphatic heterocycles. The average molecular weight is 222 g/mol. The number of aromatic nitrogens is 1. The number of ether oxygens (including phenoxy) is 1. The van der Waals surface area contributed by atoms with E-state index in [0.29, 0.717) is 0 Å². The van der Waals surface area contributed by atoms with Gasteiger partial charge in [-0.15, -0.1) is 11.3 Å². The molecule has 0 radical (unpaired) electrons. The summed E-state index contributed by atoms with van der Waals surface area (Å²) in [7, 11) is 3.63. The smallest absolute Gasteiger partial charge is 0.137 e. The van der Waals surface area contributed by atoms with Crippen LogP contribution in [-0.2, 0) is 6.42 Å². The number of hydrogen-bond donors (Lipinski definition) is 1. The van der Waals surface area contributed by atoms with Gasteiger partial charge >= 0.3 is 0 Å². The first-order chi connectivity index (χ1) is 7.35. The Morgan fingerprint density at radius 2 is 2.40 bits per heavy atom. The molecule has 2 aromatic rings. The fourth-order valence-corrected chi connectivity index (χ4v) is 2.44. The summed E-state index contributed by atoms with van der Waals surface area (Å²) in [6.45, 7) is 0.989. The van der Waals surface area contributed by atoms with Gasteiger partial charge in [0.15, 0.2) is 0 Å². The summed E-state index contributed by atoms with van der Waals surface area (Å²) < 4.78 is 5.18. The molecule has 0 spiro atoms. The summed E-state index contributed by atoms with van der Waals surface area (Å²) in [6, 6.07) is 2.06. The highest BCUT2D eigenvalue weighted by atomic mass is 32.1. The van der Waals surface area contributed by atoms with Gasteiger partial charge in [0.1, 0.15) is 10.6 Å². The third-order valence-electron chi connectivity index (χ3n) is 2.36. The third kappa shape index (κ3) is 2.11. The second-order valence-electron chi connectivity index (χ2n) is 3.34. The number of nitrogens with zero attached hydrogens (tertiary/aromatic N) is 1. The van der Waals surface area contributed by atoms with Crippen molar-refractivity contribution in [3.63, 3.8) is 0 Å². The third-order valence-corrected chi connectivity index (χ3v) is 3.32. The minimum absolute atomic E-state index is 0.826. The lowest BCUT2D eigenvalue weighted by molar-refractivity contribution is 0.414. The molecule has 2 heterocycles. The Hall–Kier alpha value is -1.13. The van der Waals surface area contributed by atoms with Crippen LogP contribution in [0.2, 0.25) is 0 Å². The van der Waals surface area contributed by atoms with Crippen molar-refractivity contribution in [3.05, 3.63) is 23.2 Å². The SMILES string of the molecule is CNCCc1csc2ncc(OC)cc12. The lowest BCUT2D eigenvalue weighted by atomic mass is 10.1. The molecule has 0 bridgehead atoms. The molecule has 0 aliphatic rings. The van der Waals surface area contributed by atoms with Crippen molar-refractivity contribution in [2.45, 2.75) is 6.42 Å². The highest BCUT2D eigenvalue weighted by Gasteiger charge is 2.05. The van der Waals surface area contributed by atoms with Gasteiger partial charge in [-0.05, 0) is 37.0 Å². The fraction of sp³-hybridized carbons (Fsp3) is 0.364. The van der Waals surface area contributed by atoms with Crippen LogP contribution in [0.1, 0.15) is 5.56 Å². The van der Waals surface area contributed by atoms with Crippen LogP contribution >= 0.6 is 11.3 Å². The van der Waals surface area contributed by atoms with Crippen LogP contribution in [0, 0.1) is 0 Å². The van der Waals surface area contributed by atoms with Crippen molar-refractivity contribution in [1.82, 2.24) is 10.3 Å². The van der Waals surface area contributed by atoms with Crippen LogP contribution in [0.3, 0.4) is 0 Å². The van der Waals surface area contributed by atoms with Crippen LogP contribution in [0.25, 0.3) is 10.2 Å². The molecule has 0 atom stereocenters. The van der Waals surface area contributed by atoms with Gasteiger partial charge in [0.05, 0.1) is 13.3 Å². The number of likely N-dealkylation sites (N-methyl/N-ethyl adjacent to an activating group) is 1. The summed E-state index contributed by atoms with van der Waals surface area (Å²) in [5.74, 6) is 0.826. The van der Waals surface area contributed by atoms with Crippen molar-refractivity contribution in [2.24, 2.45) is 0 Å². The van der Waals surface area contributed by atoms with Gasteiger partial charge in [-0.1, -0.05) is 0 Å². The largest absolute Gasteiger partial charge is 0.495 e. The van der Waals surface area contributed by atoms with E-state index in [0.717, 1.165) is 23.5 Å². The molecular weight excluding hydrogens is 208 g/mol. The van der Waals surface area contributed by atoms with Crippen molar-refractivity contribution >= 4 is 21.6 Å². The molecular formula is C11H14N2OS. The molecule has 3 nitrogen and oxygen atoms in total. The second-order valence-corrected chi connectivity index (χ2v) is 4.20. The molecule has 0 amide bonds. The fourth-order valence-electron chi connectivity index (χ4n) is 1.51. The van der Waals surface area contributed by atoms with E-state index in [4.69, 9.17) is 4.74 Å². The average Bonchev–Trinajstić information content (AvgIpc) is 2.68. The first-order valence-electron chi connectivity index (χ1n) is 4.90. The molecule has 0 aromatic carbocycles. The van der Waals surface area contributed by atoms with Crippen LogP contribution in [0.5, 0.6) is 5.75 Å². The van der Waals surface area contributed by atoms with Gasteiger partial charge < -0.3 is 10.1 Å². The second kappa shape index (κ2) is 4.59. The van der Waals surface area contributed by atoms with Crippen molar-refractivity contribution in [3.8, 4) is 5.75 Å². The van der Waals surface area contributed by atoms with E-state index in [1.54, 1.807) is 24.6 Å². The number of nitrogens with one attached hydrogen (secondary N) is 1. The summed E-state index contributed by atoms with van der Waals surface area (Å²) in [6.07, 6.45) is 2.80. The Morgan fingerprint density at radius 3 is 3.13 bits per heavy atom. The normalized spacial score (nSPS) is 10.8. The molecule has 0 saturated heterocycles. The zero-order valence-corrected chi connectivity index (χ0v) is 9.73. The quantitative estimate of drug-likeness (QED) is 0.860. The Labute approximate surface area is 93.1 Å². The van der Waals surface area contributed by atoms with E-state index in [1.807, 2.05) is 7.05 Å². The van der Waals surface area contributed by atoms with Gasteiger partial charge in [0.25, 0.3) is 0 Å². The molecule has 4 heteroatoms. The predicted molar refractivity (Wildman–Crippen MR) is 63.8 cm³/mol. The minimum Gasteiger partial charge on any atom is -0.495 e. The molecule has 15 heavy (non-hydrogen) atoms. The van der Waals surface area contributed by atoms with Crippen LogP contribution in [-0.4, -0.2) is 25.7 Å². The zero-order chi connectivity index (χ0) is 10.7. The van der Waals surface area contributed by atoms with Gasteiger partial charge in [-0.3, -0.25) is 0 Å².